The van der Waals surface area contributed by atoms with E-state index in [-0.39, 0.29) is 5.91 Å². The molecule has 104 valence electrons. The zero-order valence-corrected chi connectivity index (χ0v) is 12.2. The molecule has 3 rings (SSSR count). The van der Waals surface area contributed by atoms with Crippen LogP contribution in [0.15, 0.2) is 48.5 Å². The highest BCUT2D eigenvalue weighted by atomic mass is 35.5. The number of hydrogen-bond donors (Lipinski definition) is 0. The number of hydrogen-bond acceptors (Lipinski definition) is 3. The van der Waals surface area contributed by atoms with Gasteiger partial charge in [0.2, 0.25) is 0 Å². The average Bonchev–Trinajstić information content (AvgIpc) is 2.89. The molecule has 1 aromatic heterocycles. The van der Waals surface area contributed by atoms with Gasteiger partial charge in [-0.3, -0.25) is 4.79 Å². The van der Waals surface area contributed by atoms with Crippen molar-refractivity contribution >= 4 is 46.2 Å². The molecule has 0 radical (unpaired) electrons. The summed E-state index contributed by atoms with van der Waals surface area (Å²) in [4.78, 5) is 12.2. The molecule has 0 saturated carbocycles. The van der Waals surface area contributed by atoms with Gasteiger partial charge in [0.25, 0.3) is 5.91 Å². The monoisotopic (exact) mass is 317 g/mol. The van der Waals surface area contributed by atoms with Gasteiger partial charge >= 0.3 is 0 Å². The maximum absolute atomic E-state index is 12.2. The summed E-state index contributed by atoms with van der Waals surface area (Å²) in [7, 11) is 0. The Hall–Kier alpha value is -2.17. The molecule has 2 aromatic carbocycles. The van der Waals surface area contributed by atoms with Gasteiger partial charge in [-0.1, -0.05) is 58.7 Å². The first-order valence-electron chi connectivity index (χ1n) is 6.13. The largest absolute Gasteiger partial charge is 0.272 e. The van der Waals surface area contributed by atoms with Crippen LogP contribution in [0.1, 0.15) is 10.4 Å². The van der Waals surface area contributed by atoms with E-state index in [4.69, 9.17) is 23.2 Å². The van der Waals surface area contributed by atoms with E-state index >= 15 is 0 Å². The van der Waals surface area contributed by atoms with Crippen molar-refractivity contribution in [2.75, 3.05) is 0 Å². The number of aromatic nitrogens is 3. The van der Waals surface area contributed by atoms with Crippen molar-refractivity contribution in [3.8, 4) is 0 Å². The number of carbonyl (C=O) groups is 1. The van der Waals surface area contributed by atoms with Gasteiger partial charge in [0.1, 0.15) is 5.52 Å². The van der Waals surface area contributed by atoms with Crippen molar-refractivity contribution in [3.63, 3.8) is 0 Å². The third kappa shape index (κ3) is 2.82. The van der Waals surface area contributed by atoms with E-state index in [0.29, 0.717) is 21.1 Å². The van der Waals surface area contributed by atoms with Crippen LogP contribution in [-0.2, 0) is 0 Å². The first-order valence-corrected chi connectivity index (χ1v) is 6.88. The van der Waals surface area contributed by atoms with Crippen LogP contribution in [0.2, 0.25) is 10.0 Å². The zero-order valence-electron chi connectivity index (χ0n) is 10.7. The Kier molecular flexibility index (Phi) is 3.73. The van der Waals surface area contributed by atoms with Gasteiger partial charge < -0.3 is 0 Å². The maximum atomic E-state index is 12.2. The molecule has 0 unspecified atom stereocenters. The van der Waals surface area contributed by atoms with Gasteiger partial charge in [0, 0.05) is 6.08 Å². The van der Waals surface area contributed by atoms with Crippen molar-refractivity contribution in [2.45, 2.75) is 0 Å². The van der Waals surface area contributed by atoms with E-state index in [0.717, 1.165) is 5.56 Å². The van der Waals surface area contributed by atoms with Crippen molar-refractivity contribution in [3.05, 3.63) is 64.1 Å². The average molecular weight is 318 g/mol. The molecule has 6 heteroatoms. The van der Waals surface area contributed by atoms with Crippen molar-refractivity contribution in [1.82, 2.24) is 15.0 Å². The Morgan fingerprint density at radius 3 is 2.57 bits per heavy atom. The van der Waals surface area contributed by atoms with E-state index < -0.39 is 0 Å². The minimum Gasteiger partial charge on any atom is -0.267 e. The molecule has 1 heterocycles. The minimum absolute atomic E-state index is 0.306. The lowest BCUT2D eigenvalue weighted by atomic mass is 10.2. The third-order valence-corrected chi connectivity index (χ3v) is 3.64. The van der Waals surface area contributed by atoms with Gasteiger partial charge in [-0.05, 0) is 23.8 Å². The van der Waals surface area contributed by atoms with Crippen molar-refractivity contribution < 1.29 is 4.79 Å². The fraction of sp³-hybridized carbons (Fsp3) is 0. The number of rotatable bonds is 2. The Balaban J connectivity index is 1.95. The Labute approximate surface area is 130 Å². The molecule has 0 aliphatic heterocycles. The lowest BCUT2D eigenvalue weighted by molar-refractivity contribution is 0.0958. The predicted octanol–water partition coefficient (Wildman–Crippen LogP) is 4.09. The molecule has 0 spiro atoms. The van der Waals surface area contributed by atoms with E-state index in [1.54, 1.807) is 18.2 Å². The SMILES string of the molecule is O=C(/C=C\c1ccccc1)n1nnc2cc(Cl)c(Cl)cc21. The molecule has 0 saturated heterocycles. The van der Waals surface area contributed by atoms with Gasteiger partial charge in [-0.2, -0.15) is 4.68 Å². The Morgan fingerprint density at radius 1 is 1.10 bits per heavy atom. The number of nitrogens with zero attached hydrogens (tertiary/aromatic N) is 3. The predicted molar refractivity (Wildman–Crippen MR) is 83.7 cm³/mol. The van der Waals surface area contributed by atoms with Crippen LogP contribution in [0, 0.1) is 0 Å². The topological polar surface area (TPSA) is 47.8 Å². The number of benzene rings is 2. The Bertz CT molecular complexity index is 841. The van der Waals surface area contributed by atoms with Crippen molar-refractivity contribution in [2.24, 2.45) is 0 Å². The van der Waals surface area contributed by atoms with E-state index in [1.165, 1.54) is 10.8 Å². The maximum Gasteiger partial charge on any atom is 0.272 e. The van der Waals surface area contributed by atoms with Gasteiger partial charge in [0.15, 0.2) is 0 Å². The molecule has 0 aliphatic carbocycles. The second-order valence-corrected chi connectivity index (χ2v) is 5.15. The standard InChI is InChI=1S/C15H9Cl2N3O/c16-11-8-13-14(9-12(11)17)20(19-18-13)15(21)7-6-10-4-2-1-3-5-10/h1-9H/b7-6-. The quantitative estimate of drug-likeness (QED) is 0.669. The molecule has 0 fully saturated rings. The van der Waals surface area contributed by atoms with E-state index in [1.807, 2.05) is 30.3 Å². The van der Waals surface area contributed by atoms with Crippen LogP contribution in [0.4, 0.5) is 0 Å². The van der Waals surface area contributed by atoms with E-state index in [9.17, 15) is 4.79 Å². The highest BCUT2D eigenvalue weighted by molar-refractivity contribution is 6.42. The summed E-state index contributed by atoms with van der Waals surface area (Å²) in [6.07, 6.45) is 3.15. The molecule has 21 heavy (non-hydrogen) atoms. The van der Waals surface area contributed by atoms with Crippen LogP contribution in [0.3, 0.4) is 0 Å². The summed E-state index contributed by atoms with van der Waals surface area (Å²) >= 11 is 11.9. The summed E-state index contributed by atoms with van der Waals surface area (Å²) < 4.78 is 1.19. The molecule has 0 N–H and O–H groups in total. The molecule has 0 aliphatic rings. The number of fused-ring (bicyclic) bond motifs is 1. The van der Waals surface area contributed by atoms with Crippen LogP contribution in [0.5, 0.6) is 0 Å². The summed E-state index contributed by atoms with van der Waals surface area (Å²) in [6, 6.07) is 12.7. The fourth-order valence-corrected chi connectivity index (χ4v) is 2.20. The van der Waals surface area contributed by atoms with Gasteiger partial charge in [-0.15, -0.1) is 5.10 Å². The molecule has 0 atom stereocenters. The summed E-state index contributed by atoms with van der Waals surface area (Å²) in [5.41, 5.74) is 1.97. The summed E-state index contributed by atoms with van der Waals surface area (Å²) in [5.74, 6) is -0.306. The first kappa shape index (κ1) is 13.8. The van der Waals surface area contributed by atoms with Gasteiger partial charge in [0.05, 0.1) is 15.6 Å². The first-order chi connectivity index (χ1) is 10.1. The normalized spacial score (nSPS) is 11.3. The highest BCUT2D eigenvalue weighted by Gasteiger charge is 2.12. The highest BCUT2D eigenvalue weighted by Crippen LogP contribution is 2.26. The van der Waals surface area contributed by atoms with Crippen molar-refractivity contribution in [1.29, 1.82) is 0 Å². The van der Waals surface area contributed by atoms with Crippen LogP contribution >= 0.6 is 23.2 Å². The molecule has 0 bridgehead atoms. The molecule has 4 nitrogen and oxygen atoms in total. The molecular formula is C15H9Cl2N3O. The van der Waals surface area contributed by atoms with Crippen LogP contribution in [0.25, 0.3) is 17.1 Å². The van der Waals surface area contributed by atoms with Crippen LogP contribution in [-0.4, -0.2) is 20.9 Å². The second-order valence-electron chi connectivity index (χ2n) is 4.34. The summed E-state index contributed by atoms with van der Waals surface area (Å²) in [6.45, 7) is 0. The lowest BCUT2D eigenvalue weighted by Crippen LogP contribution is -2.09. The summed E-state index contributed by atoms with van der Waals surface area (Å²) in [5, 5.41) is 8.48. The number of carbonyl (C=O) groups excluding carboxylic acids is 1. The minimum atomic E-state index is -0.306. The number of allylic oxidation sites excluding steroid dienone is 1. The third-order valence-electron chi connectivity index (χ3n) is 2.91. The van der Waals surface area contributed by atoms with Gasteiger partial charge in [-0.25, -0.2) is 0 Å². The van der Waals surface area contributed by atoms with Crippen LogP contribution < -0.4 is 0 Å². The zero-order chi connectivity index (χ0) is 14.8. The fourth-order valence-electron chi connectivity index (χ4n) is 1.88. The van der Waals surface area contributed by atoms with E-state index in [2.05, 4.69) is 10.3 Å². The molecule has 0 amide bonds. The number of halogens is 2. The Morgan fingerprint density at radius 2 is 1.81 bits per heavy atom. The molecular weight excluding hydrogens is 309 g/mol. The molecule has 3 aromatic rings. The second kappa shape index (κ2) is 5.68. The lowest BCUT2D eigenvalue weighted by Gasteiger charge is -1.98. The smallest absolute Gasteiger partial charge is 0.267 e.